The van der Waals surface area contributed by atoms with Crippen LogP contribution in [-0.4, -0.2) is 6.71 Å². The Hall–Kier alpha value is -6.20. The maximum Gasteiger partial charge on any atom is 0.261 e. The summed E-state index contributed by atoms with van der Waals surface area (Å²) in [7, 11) is 0. The standard InChI is InChI=1S/C42H28BN3O/c1-5-15-29(16-6-1)44(30-17-7-2-8-18-30)33-27-37-42-39(28-33)47-38-26-14-25-36-41(38)43(42)40-34(45(36)31-19-9-3-10-20-31)23-13-24-35(40)46(37)32-21-11-4-12-22-32/h1-28H. The molecule has 0 N–H and O–H groups in total. The molecule has 0 bridgehead atoms. The Kier molecular flexibility index (Phi) is 5.63. The highest BCUT2D eigenvalue weighted by molar-refractivity contribution is 7.01. The molecule has 0 unspecified atom stereocenters. The van der Waals surface area contributed by atoms with Crippen LogP contribution in [0.1, 0.15) is 0 Å². The summed E-state index contributed by atoms with van der Waals surface area (Å²) in [6.45, 7) is 0.0297. The largest absolute Gasteiger partial charge is 0.458 e. The third-order valence-electron chi connectivity index (χ3n) is 9.57. The Bertz CT molecular complexity index is 2260. The minimum absolute atomic E-state index is 0.0297. The lowest BCUT2D eigenvalue weighted by Gasteiger charge is -2.46. The van der Waals surface area contributed by atoms with E-state index in [1.54, 1.807) is 0 Å². The van der Waals surface area contributed by atoms with Crippen LogP contribution in [0.5, 0.6) is 11.5 Å². The van der Waals surface area contributed by atoms with Gasteiger partial charge in [-0.2, -0.15) is 0 Å². The normalized spacial score (nSPS) is 13.1. The number of rotatable bonds is 5. The van der Waals surface area contributed by atoms with Crippen molar-refractivity contribution in [3.8, 4) is 11.5 Å². The van der Waals surface area contributed by atoms with Crippen LogP contribution in [0.15, 0.2) is 170 Å². The molecule has 0 amide bonds. The lowest BCUT2D eigenvalue weighted by Crippen LogP contribution is -2.63. The van der Waals surface area contributed by atoms with Crippen molar-refractivity contribution in [2.75, 3.05) is 14.7 Å². The quantitative estimate of drug-likeness (QED) is 0.183. The first-order chi connectivity index (χ1) is 23.3. The van der Waals surface area contributed by atoms with Gasteiger partial charge in [-0.1, -0.05) is 84.9 Å². The van der Waals surface area contributed by atoms with Gasteiger partial charge in [0.1, 0.15) is 11.5 Å². The Balaban J connectivity index is 1.29. The fraction of sp³-hybridized carbons (Fsp3) is 0. The van der Waals surface area contributed by atoms with Gasteiger partial charge in [-0.15, -0.1) is 0 Å². The Labute approximate surface area is 274 Å². The molecule has 0 aromatic heterocycles. The molecule has 7 aromatic carbocycles. The van der Waals surface area contributed by atoms with Crippen LogP contribution in [0.3, 0.4) is 0 Å². The summed E-state index contributed by atoms with van der Waals surface area (Å²) in [4.78, 5) is 7.15. The first-order valence-corrected chi connectivity index (χ1v) is 16.1. The highest BCUT2D eigenvalue weighted by Crippen LogP contribution is 2.49. The van der Waals surface area contributed by atoms with E-state index in [1.165, 1.54) is 27.8 Å². The second kappa shape index (κ2) is 10.2. The fourth-order valence-electron chi connectivity index (χ4n) is 7.74. The van der Waals surface area contributed by atoms with Crippen molar-refractivity contribution in [1.82, 2.24) is 0 Å². The predicted octanol–water partition coefficient (Wildman–Crippen LogP) is 9.34. The summed E-state index contributed by atoms with van der Waals surface area (Å²) in [6.07, 6.45) is 0. The van der Waals surface area contributed by atoms with Gasteiger partial charge in [-0.3, -0.25) is 0 Å². The third kappa shape index (κ3) is 3.83. The van der Waals surface area contributed by atoms with Gasteiger partial charge < -0.3 is 19.4 Å². The molecule has 5 heteroatoms. The van der Waals surface area contributed by atoms with Crippen LogP contribution in [0, 0.1) is 0 Å². The second-order valence-corrected chi connectivity index (χ2v) is 12.2. The summed E-state index contributed by atoms with van der Waals surface area (Å²) in [6, 6.07) is 60.4. The van der Waals surface area contributed by atoms with Crippen LogP contribution in [0.2, 0.25) is 0 Å². The zero-order chi connectivity index (χ0) is 30.9. The molecule has 0 atom stereocenters. The number of benzene rings is 7. The van der Waals surface area contributed by atoms with Crippen molar-refractivity contribution in [3.05, 3.63) is 170 Å². The number of hydrogen-bond acceptors (Lipinski definition) is 4. The highest BCUT2D eigenvalue weighted by Gasteiger charge is 2.48. The van der Waals surface area contributed by atoms with E-state index in [2.05, 4.69) is 185 Å². The summed E-state index contributed by atoms with van der Waals surface area (Å²) >= 11 is 0. The van der Waals surface area contributed by atoms with E-state index >= 15 is 0 Å². The molecule has 0 saturated carbocycles. The summed E-state index contributed by atoms with van der Waals surface area (Å²) in [5.74, 6) is 1.79. The van der Waals surface area contributed by atoms with E-state index in [9.17, 15) is 0 Å². The number of hydrogen-bond donors (Lipinski definition) is 0. The SMILES string of the molecule is c1ccc(N(c2ccccc2)c2cc3c4c(c2)N(c2ccccc2)c2cccc5c2B4c2c(cccc2N5c2ccccc2)O3)cc1. The molecule has 0 radical (unpaired) electrons. The van der Waals surface area contributed by atoms with Gasteiger partial charge in [0.05, 0.1) is 5.69 Å². The van der Waals surface area contributed by atoms with E-state index in [0.29, 0.717) is 0 Å². The Morgan fingerprint density at radius 1 is 0.383 bits per heavy atom. The Morgan fingerprint density at radius 2 is 0.851 bits per heavy atom. The number of nitrogens with zero attached hydrogens (tertiary/aromatic N) is 3. The van der Waals surface area contributed by atoms with Crippen molar-refractivity contribution < 1.29 is 4.74 Å². The molecular formula is C42H28BN3O. The van der Waals surface area contributed by atoms with E-state index in [4.69, 9.17) is 4.74 Å². The van der Waals surface area contributed by atoms with Crippen molar-refractivity contribution >= 4 is 74.3 Å². The van der Waals surface area contributed by atoms with Gasteiger partial charge in [0, 0.05) is 51.6 Å². The van der Waals surface area contributed by atoms with Gasteiger partial charge >= 0.3 is 0 Å². The van der Waals surface area contributed by atoms with Crippen LogP contribution < -0.4 is 35.8 Å². The van der Waals surface area contributed by atoms with Crippen molar-refractivity contribution in [2.45, 2.75) is 0 Å². The third-order valence-corrected chi connectivity index (χ3v) is 9.57. The number of para-hydroxylation sites is 4. The van der Waals surface area contributed by atoms with Crippen molar-refractivity contribution in [1.29, 1.82) is 0 Å². The first kappa shape index (κ1) is 26.1. The molecule has 3 aliphatic rings. The average Bonchev–Trinajstić information content (AvgIpc) is 3.13. The van der Waals surface area contributed by atoms with Gasteiger partial charge in [0.2, 0.25) is 0 Å². The Morgan fingerprint density at radius 3 is 1.43 bits per heavy atom. The molecule has 7 aromatic rings. The van der Waals surface area contributed by atoms with Gasteiger partial charge in [0.15, 0.2) is 0 Å². The number of ether oxygens (including phenoxy) is 1. The molecule has 3 heterocycles. The van der Waals surface area contributed by atoms with Gasteiger partial charge in [-0.25, -0.2) is 0 Å². The molecule has 0 aliphatic carbocycles. The topological polar surface area (TPSA) is 19.0 Å². The predicted molar refractivity (Wildman–Crippen MR) is 195 cm³/mol. The minimum atomic E-state index is 0.0297. The molecular weight excluding hydrogens is 573 g/mol. The molecule has 47 heavy (non-hydrogen) atoms. The second-order valence-electron chi connectivity index (χ2n) is 12.2. The fourth-order valence-corrected chi connectivity index (χ4v) is 7.74. The van der Waals surface area contributed by atoms with Crippen molar-refractivity contribution in [3.63, 3.8) is 0 Å². The zero-order valence-electron chi connectivity index (χ0n) is 25.5. The maximum absolute atomic E-state index is 7.00. The lowest BCUT2D eigenvalue weighted by atomic mass is 9.32. The summed E-state index contributed by atoms with van der Waals surface area (Å²) < 4.78 is 7.00. The molecule has 4 nitrogen and oxygen atoms in total. The lowest BCUT2D eigenvalue weighted by molar-refractivity contribution is 0.487. The molecule has 0 fully saturated rings. The monoisotopic (exact) mass is 601 g/mol. The van der Waals surface area contributed by atoms with Gasteiger partial charge in [0.25, 0.3) is 6.71 Å². The van der Waals surface area contributed by atoms with Gasteiger partial charge in [-0.05, 0) is 95.3 Å². The molecule has 3 aliphatic heterocycles. The van der Waals surface area contributed by atoms with Crippen LogP contribution in [0.25, 0.3) is 0 Å². The smallest absolute Gasteiger partial charge is 0.261 e. The minimum Gasteiger partial charge on any atom is -0.458 e. The average molecular weight is 602 g/mol. The number of anilines is 9. The summed E-state index contributed by atoms with van der Waals surface area (Å²) in [5.41, 5.74) is 13.8. The van der Waals surface area contributed by atoms with E-state index in [0.717, 1.165) is 51.3 Å². The van der Waals surface area contributed by atoms with Crippen LogP contribution >= 0.6 is 0 Å². The summed E-state index contributed by atoms with van der Waals surface area (Å²) in [5, 5.41) is 0. The van der Waals surface area contributed by atoms with Crippen molar-refractivity contribution in [2.24, 2.45) is 0 Å². The zero-order valence-corrected chi connectivity index (χ0v) is 25.5. The van der Waals surface area contributed by atoms with E-state index < -0.39 is 0 Å². The van der Waals surface area contributed by atoms with Crippen LogP contribution in [-0.2, 0) is 0 Å². The van der Waals surface area contributed by atoms with E-state index in [1.807, 2.05) is 0 Å². The highest BCUT2D eigenvalue weighted by atomic mass is 16.5. The molecule has 220 valence electrons. The molecule has 0 spiro atoms. The first-order valence-electron chi connectivity index (χ1n) is 16.1. The van der Waals surface area contributed by atoms with Crippen LogP contribution in [0.4, 0.5) is 51.2 Å². The maximum atomic E-state index is 7.00. The van der Waals surface area contributed by atoms with E-state index in [-0.39, 0.29) is 6.71 Å². The molecule has 10 rings (SSSR count). The molecule has 0 saturated heterocycles.